The van der Waals surface area contributed by atoms with Crippen molar-refractivity contribution in [2.75, 3.05) is 31.1 Å². The highest BCUT2D eigenvalue weighted by atomic mass is 35.5. The van der Waals surface area contributed by atoms with Crippen molar-refractivity contribution in [1.82, 2.24) is 29.7 Å². The summed E-state index contributed by atoms with van der Waals surface area (Å²) in [5, 5.41) is 14.6. The number of carboxylic acids is 1. The molecular weight excluding hydrogens is 638 g/mol. The van der Waals surface area contributed by atoms with E-state index in [-0.39, 0.29) is 54.8 Å². The number of carbonyl (C=O) groups is 3. The molecule has 48 heavy (non-hydrogen) atoms. The van der Waals surface area contributed by atoms with E-state index in [9.17, 15) is 19.5 Å². The van der Waals surface area contributed by atoms with Gasteiger partial charge in [-0.15, -0.1) is 0 Å². The Hall–Kier alpha value is -4.91. The third-order valence-corrected chi connectivity index (χ3v) is 10.0. The van der Waals surface area contributed by atoms with Crippen LogP contribution in [0.15, 0.2) is 46.9 Å². The Morgan fingerprint density at radius 3 is 2.77 bits per heavy atom. The molecule has 5 aromatic rings. The number of aliphatic carboxylic acids is 1. The second-order valence-corrected chi connectivity index (χ2v) is 13.3. The Bertz CT molecular complexity index is 2090. The number of nitrogens with one attached hydrogen (secondary N) is 1. The fraction of sp³-hybridized carbons (Fsp3) is 0.412. The van der Waals surface area contributed by atoms with Crippen LogP contribution in [0.2, 0.25) is 5.02 Å². The van der Waals surface area contributed by atoms with Crippen LogP contribution in [0.1, 0.15) is 44.5 Å². The van der Waals surface area contributed by atoms with E-state index >= 15 is 0 Å². The van der Waals surface area contributed by atoms with Gasteiger partial charge in [-0.25, -0.2) is 14.8 Å². The molecule has 0 spiro atoms. The minimum absolute atomic E-state index is 0.0463. The van der Waals surface area contributed by atoms with Gasteiger partial charge in [-0.3, -0.25) is 14.2 Å². The zero-order valence-electron chi connectivity index (χ0n) is 26.3. The third-order valence-electron chi connectivity index (χ3n) is 9.72. The number of carbonyl (C=O) groups excluding carboxylic acids is 2. The first-order valence-electron chi connectivity index (χ1n) is 16.3. The van der Waals surface area contributed by atoms with Gasteiger partial charge < -0.3 is 29.4 Å². The smallest absolute Gasteiger partial charge is 0.326 e. The van der Waals surface area contributed by atoms with Crippen molar-refractivity contribution in [3.8, 4) is 6.01 Å². The number of benzene rings is 2. The van der Waals surface area contributed by atoms with Crippen molar-refractivity contribution in [3.05, 3.63) is 53.3 Å². The Morgan fingerprint density at radius 1 is 1.08 bits per heavy atom. The maximum atomic E-state index is 13.2. The number of fused-ring (bicyclic) bond motifs is 12. The van der Waals surface area contributed by atoms with Crippen molar-refractivity contribution in [1.29, 1.82) is 0 Å². The number of furan rings is 1. The molecule has 2 amide bonds. The van der Waals surface area contributed by atoms with Crippen molar-refractivity contribution < 1.29 is 28.6 Å². The number of rotatable bonds is 1. The van der Waals surface area contributed by atoms with E-state index in [1.807, 2.05) is 51.9 Å². The Kier molecular flexibility index (Phi) is 7.58. The number of amides is 2. The standard InChI is InChI=1S/C34H34ClN7O6/c1-18-16-40-13-11-23(18)42-30-21(35)7-4-8-22(30)37-34(42)47-19-14-24(33(45)46)41(17-19)32-31-29(20-6-2-3-9-25(20)48-31)38-26(39-32)15-27(43)36-12-5-10-28(40)44/h2-4,6-9,18-19,23-24H,5,10-17H2,1H3,(H,36,43)(H,45,46)/t18-,19-,23-,24-/m0/s1. The summed E-state index contributed by atoms with van der Waals surface area (Å²) in [5.74, 6) is -0.714. The van der Waals surface area contributed by atoms with E-state index in [1.165, 1.54) is 0 Å². The Balaban J connectivity index is 1.25. The Labute approximate surface area is 279 Å². The number of anilines is 1. The van der Waals surface area contributed by atoms with Crippen LogP contribution in [0.25, 0.3) is 33.1 Å². The molecule has 13 nitrogen and oxygen atoms in total. The highest BCUT2D eigenvalue weighted by molar-refractivity contribution is 6.35. The average Bonchev–Trinajstić information content (AvgIpc) is 3.76. The predicted octanol–water partition coefficient (Wildman–Crippen LogP) is 4.35. The Morgan fingerprint density at radius 2 is 1.94 bits per heavy atom. The second kappa shape index (κ2) is 12.0. The van der Waals surface area contributed by atoms with Crippen LogP contribution in [0, 0.1) is 5.92 Å². The summed E-state index contributed by atoms with van der Waals surface area (Å²) in [6, 6.07) is 12.2. The quantitative estimate of drug-likeness (QED) is 0.263. The molecule has 2 saturated heterocycles. The number of imidazole rings is 1. The summed E-state index contributed by atoms with van der Waals surface area (Å²) in [7, 11) is 0. The molecule has 4 aliphatic heterocycles. The van der Waals surface area contributed by atoms with Crippen LogP contribution in [-0.2, 0) is 20.8 Å². The highest BCUT2D eigenvalue weighted by Gasteiger charge is 2.42. The van der Waals surface area contributed by atoms with Crippen molar-refractivity contribution in [3.63, 3.8) is 0 Å². The minimum Gasteiger partial charge on any atom is -0.480 e. The van der Waals surface area contributed by atoms with E-state index in [2.05, 4.69) is 12.2 Å². The van der Waals surface area contributed by atoms with E-state index in [0.717, 1.165) is 10.9 Å². The number of ether oxygens (including phenoxy) is 1. The number of piperidine rings is 1. The molecule has 4 atom stereocenters. The largest absolute Gasteiger partial charge is 0.480 e. The fourth-order valence-electron chi connectivity index (χ4n) is 7.45. The molecule has 6 bridgehead atoms. The molecule has 2 N–H and O–H groups in total. The van der Waals surface area contributed by atoms with Gasteiger partial charge in [0.1, 0.15) is 29.1 Å². The number of para-hydroxylation sites is 2. The van der Waals surface area contributed by atoms with Crippen LogP contribution < -0.4 is 15.0 Å². The molecule has 2 fully saturated rings. The van der Waals surface area contributed by atoms with Gasteiger partial charge >= 0.3 is 5.97 Å². The number of carboxylic acid groups (broad SMARTS) is 1. The SMILES string of the molecule is C[C@H]1CN2CC[C@@H]1n1c(nc3cccc(Cl)c31)O[C@H]1C[C@@H](C(=O)O)N(C1)c1nc(nc3c1oc1ccccc13)CC(=O)NCCCC2=O. The first kappa shape index (κ1) is 30.4. The molecule has 0 saturated carbocycles. The predicted molar refractivity (Wildman–Crippen MR) is 177 cm³/mol. The van der Waals surface area contributed by atoms with Crippen molar-refractivity contribution in [2.24, 2.45) is 5.92 Å². The van der Waals surface area contributed by atoms with Gasteiger partial charge in [0.05, 0.1) is 29.0 Å². The zero-order valence-corrected chi connectivity index (χ0v) is 27.0. The molecule has 2 aromatic carbocycles. The average molecular weight is 672 g/mol. The summed E-state index contributed by atoms with van der Waals surface area (Å²) in [6.07, 6.45) is 0.912. The van der Waals surface area contributed by atoms with Crippen LogP contribution in [-0.4, -0.2) is 85.6 Å². The molecule has 3 aromatic heterocycles. The molecule has 7 heterocycles. The lowest BCUT2D eigenvalue weighted by atomic mass is 9.93. The van der Waals surface area contributed by atoms with Crippen LogP contribution in [0.4, 0.5) is 5.82 Å². The zero-order chi connectivity index (χ0) is 33.1. The van der Waals surface area contributed by atoms with E-state index < -0.39 is 18.1 Å². The molecular formula is C34H34ClN7O6. The maximum absolute atomic E-state index is 13.2. The van der Waals surface area contributed by atoms with Crippen molar-refractivity contribution in [2.45, 2.75) is 57.2 Å². The van der Waals surface area contributed by atoms with Gasteiger partial charge in [-0.05, 0) is 43.0 Å². The van der Waals surface area contributed by atoms with Gasteiger partial charge in [-0.1, -0.05) is 36.7 Å². The fourth-order valence-corrected chi connectivity index (χ4v) is 7.71. The topological polar surface area (TPSA) is 156 Å². The summed E-state index contributed by atoms with van der Waals surface area (Å²) in [4.78, 5) is 56.9. The first-order valence-corrected chi connectivity index (χ1v) is 16.7. The van der Waals surface area contributed by atoms with E-state index in [1.54, 1.807) is 4.90 Å². The third kappa shape index (κ3) is 5.26. The summed E-state index contributed by atoms with van der Waals surface area (Å²) in [6.45, 7) is 3.71. The van der Waals surface area contributed by atoms with Crippen LogP contribution in [0.3, 0.4) is 0 Å². The molecule has 0 radical (unpaired) electrons. The number of nitrogens with zero attached hydrogens (tertiary/aromatic N) is 6. The minimum atomic E-state index is -1.04. The lowest BCUT2D eigenvalue weighted by molar-refractivity contribution is -0.138. The molecule has 0 unspecified atom stereocenters. The summed E-state index contributed by atoms with van der Waals surface area (Å²) >= 11 is 6.78. The van der Waals surface area contributed by atoms with Gasteiger partial charge in [0, 0.05) is 43.9 Å². The van der Waals surface area contributed by atoms with E-state index in [4.69, 9.17) is 35.7 Å². The number of aromatic nitrogens is 4. The first-order chi connectivity index (χ1) is 23.2. The second-order valence-electron chi connectivity index (χ2n) is 12.9. The number of hydrogen-bond donors (Lipinski definition) is 2. The van der Waals surface area contributed by atoms with E-state index in [0.29, 0.717) is 72.1 Å². The molecule has 14 heteroatoms. The lowest BCUT2D eigenvalue weighted by Gasteiger charge is -2.38. The van der Waals surface area contributed by atoms with Crippen LogP contribution in [0.5, 0.6) is 6.01 Å². The molecule has 248 valence electrons. The monoisotopic (exact) mass is 671 g/mol. The maximum Gasteiger partial charge on any atom is 0.326 e. The lowest BCUT2D eigenvalue weighted by Crippen LogP contribution is -2.43. The highest BCUT2D eigenvalue weighted by Crippen LogP contribution is 2.40. The summed E-state index contributed by atoms with van der Waals surface area (Å²) in [5.41, 5.74) is 2.83. The van der Waals surface area contributed by atoms with Gasteiger partial charge in [-0.2, -0.15) is 4.98 Å². The van der Waals surface area contributed by atoms with Crippen molar-refractivity contribution >= 4 is 68.3 Å². The van der Waals surface area contributed by atoms with Gasteiger partial charge in [0.2, 0.25) is 11.8 Å². The molecule has 4 aliphatic rings. The number of hydrogen-bond acceptors (Lipinski definition) is 9. The van der Waals surface area contributed by atoms with Gasteiger partial charge in [0.25, 0.3) is 6.01 Å². The molecule has 9 rings (SSSR count). The number of halogens is 1. The van der Waals surface area contributed by atoms with Gasteiger partial charge in [0.15, 0.2) is 11.4 Å². The normalized spacial score (nSPS) is 23.8. The molecule has 0 aliphatic carbocycles. The van der Waals surface area contributed by atoms with Crippen LogP contribution >= 0.6 is 11.6 Å². The summed E-state index contributed by atoms with van der Waals surface area (Å²) < 4.78 is 14.9.